The number of rotatable bonds is 3. The summed E-state index contributed by atoms with van der Waals surface area (Å²) in [6, 6.07) is 1.21. The van der Waals surface area contributed by atoms with Gasteiger partial charge in [-0.25, -0.2) is 0 Å². The Hall–Kier alpha value is -0.0900. The summed E-state index contributed by atoms with van der Waals surface area (Å²) in [7, 11) is 0. The zero-order valence-electron chi connectivity index (χ0n) is 8.50. The molecule has 2 rings (SSSR count). The zero-order chi connectivity index (χ0) is 10.1. The van der Waals surface area contributed by atoms with Crippen LogP contribution < -0.4 is 5.32 Å². The maximum Gasteiger partial charge on any atom is 0.233 e. The molecule has 0 aromatic heterocycles. The normalized spacial score (nSPS) is 30.3. The minimum absolute atomic E-state index is 0.0718. The van der Waals surface area contributed by atoms with Crippen molar-refractivity contribution >= 4 is 21.8 Å². The van der Waals surface area contributed by atoms with Crippen molar-refractivity contribution in [3.05, 3.63) is 0 Å². The summed E-state index contributed by atoms with van der Waals surface area (Å²) in [6.07, 6.45) is 3.83. The second kappa shape index (κ2) is 4.19. The summed E-state index contributed by atoms with van der Waals surface area (Å²) >= 11 is 3.28. The summed E-state index contributed by atoms with van der Waals surface area (Å²) in [5.74, 6) is 0.118. The van der Waals surface area contributed by atoms with E-state index in [4.69, 9.17) is 0 Å². The molecule has 0 spiro atoms. The Labute approximate surface area is 93.4 Å². The molecule has 2 unspecified atom stereocenters. The van der Waals surface area contributed by atoms with E-state index in [1.165, 1.54) is 12.8 Å². The molecule has 1 saturated heterocycles. The molecular weight excluding hydrogens is 244 g/mol. The van der Waals surface area contributed by atoms with Gasteiger partial charge in [0.1, 0.15) is 0 Å². The molecule has 1 aliphatic heterocycles. The zero-order valence-corrected chi connectivity index (χ0v) is 10.1. The molecule has 1 heterocycles. The summed E-state index contributed by atoms with van der Waals surface area (Å²) in [5.41, 5.74) is 0. The van der Waals surface area contributed by atoms with E-state index < -0.39 is 0 Å². The molecule has 14 heavy (non-hydrogen) atoms. The molecular formula is C10H17BrN2O. The highest BCUT2D eigenvalue weighted by molar-refractivity contribution is 9.10. The number of halogens is 1. The van der Waals surface area contributed by atoms with Gasteiger partial charge >= 0.3 is 0 Å². The Morgan fingerprint density at radius 3 is 2.79 bits per heavy atom. The highest BCUT2D eigenvalue weighted by Crippen LogP contribution is 2.29. The molecule has 0 aromatic rings. The topological polar surface area (TPSA) is 32.3 Å². The third-order valence-corrected chi connectivity index (χ3v) is 3.41. The van der Waals surface area contributed by atoms with Crippen LogP contribution in [0.4, 0.5) is 0 Å². The molecule has 2 atom stereocenters. The average Bonchev–Trinajstić information content (AvgIpc) is 2.88. The number of carbonyl (C=O) groups excluding carboxylic acids is 1. The lowest BCUT2D eigenvalue weighted by Crippen LogP contribution is -2.40. The fourth-order valence-electron chi connectivity index (χ4n) is 1.99. The van der Waals surface area contributed by atoms with Gasteiger partial charge in [0.05, 0.1) is 4.83 Å². The molecule has 3 nitrogen and oxygen atoms in total. The van der Waals surface area contributed by atoms with E-state index in [-0.39, 0.29) is 10.7 Å². The van der Waals surface area contributed by atoms with E-state index in [9.17, 15) is 4.79 Å². The van der Waals surface area contributed by atoms with Crippen LogP contribution in [0.3, 0.4) is 0 Å². The number of hydrogen-bond donors (Lipinski definition) is 1. The molecule has 2 fully saturated rings. The van der Waals surface area contributed by atoms with Gasteiger partial charge in [0.2, 0.25) is 5.91 Å². The fourth-order valence-corrected chi connectivity index (χ4v) is 2.12. The largest absolute Gasteiger partial charge is 0.351 e. The third-order valence-electron chi connectivity index (χ3n) is 2.99. The van der Waals surface area contributed by atoms with Crippen LogP contribution in [0.2, 0.25) is 0 Å². The number of carbonyl (C=O) groups is 1. The molecule has 0 aromatic carbocycles. The van der Waals surface area contributed by atoms with Crippen molar-refractivity contribution in [3.8, 4) is 0 Å². The lowest BCUT2D eigenvalue weighted by atomic mass is 10.2. The first kappa shape index (κ1) is 10.4. The predicted octanol–water partition coefficient (Wildman–Crippen LogP) is 1.12. The van der Waals surface area contributed by atoms with Gasteiger partial charge in [-0.1, -0.05) is 15.9 Å². The van der Waals surface area contributed by atoms with E-state index in [2.05, 4.69) is 26.1 Å². The molecule has 1 aliphatic carbocycles. The molecule has 2 aliphatic rings. The number of nitrogens with zero attached hydrogens (tertiary/aromatic N) is 1. The average molecular weight is 261 g/mol. The summed E-state index contributed by atoms with van der Waals surface area (Å²) in [4.78, 5) is 13.8. The van der Waals surface area contributed by atoms with Gasteiger partial charge in [0, 0.05) is 25.2 Å². The minimum Gasteiger partial charge on any atom is -0.351 e. The lowest BCUT2D eigenvalue weighted by molar-refractivity contribution is -0.120. The monoisotopic (exact) mass is 260 g/mol. The van der Waals surface area contributed by atoms with Crippen molar-refractivity contribution in [1.29, 1.82) is 0 Å². The van der Waals surface area contributed by atoms with Gasteiger partial charge < -0.3 is 5.32 Å². The molecule has 80 valence electrons. The predicted molar refractivity (Wildman–Crippen MR) is 59.5 cm³/mol. The van der Waals surface area contributed by atoms with Crippen LogP contribution in [0.1, 0.15) is 26.2 Å². The Bertz CT molecular complexity index is 228. The van der Waals surface area contributed by atoms with E-state index in [0.29, 0.717) is 6.04 Å². The van der Waals surface area contributed by atoms with Gasteiger partial charge in [-0.3, -0.25) is 9.69 Å². The maximum absolute atomic E-state index is 11.4. The summed E-state index contributed by atoms with van der Waals surface area (Å²) in [6.45, 7) is 4.07. The van der Waals surface area contributed by atoms with Gasteiger partial charge in [0.25, 0.3) is 0 Å². The maximum atomic E-state index is 11.4. The molecule has 1 amide bonds. The van der Waals surface area contributed by atoms with Gasteiger partial charge in [-0.05, 0) is 26.2 Å². The second-order valence-electron chi connectivity index (χ2n) is 4.34. The number of amides is 1. The van der Waals surface area contributed by atoms with Crippen LogP contribution in [0.15, 0.2) is 0 Å². The van der Waals surface area contributed by atoms with Crippen LogP contribution in [-0.2, 0) is 4.79 Å². The standard InChI is InChI=1S/C10H17BrN2O/c1-7(11)10(14)12-8-4-5-13(6-8)9-2-3-9/h7-9H,2-6H2,1H3,(H,12,14). The first-order valence-electron chi connectivity index (χ1n) is 5.35. The quantitative estimate of drug-likeness (QED) is 0.772. The van der Waals surface area contributed by atoms with Crippen molar-refractivity contribution in [3.63, 3.8) is 0 Å². The van der Waals surface area contributed by atoms with E-state index in [1.807, 2.05) is 6.92 Å². The van der Waals surface area contributed by atoms with E-state index >= 15 is 0 Å². The number of hydrogen-bond acceptors (Lipinski definition) is 2. The van der Waals surface area contributed by atoms with E-state index in [0.717, 1.165) is 25.6 Å². The Kier molecular flexibility index (Phi) is 3.12. The van der Waals surface area contributed by atoms with Crippen molar-refractivity contribution in [2.75, 3.05) is 13.1 Å². The Morgan fingerprint density at radius 2 is 2.21 bits per heavy atom. The molecule has 1 saturated carbocycles. The van der Waals surface area contributed by atoms with Crippen LogP contribution in [0, 0.1) is 0 Å². The summed E-state index contributed by atoms with van der Waals surface area (Å²) in [5, 5.41) is 3.06. The fraction of sp³-hybridized carbons (Fsp3) is 0.900. The van der Waals surface area contributed by atoms with Gasteiger partial charge in [-0.2, -0.15) is 0 Å². The Balaban J connectivity index is 1.75. The second-order valence-corrected chi connectivity index (χ2v) is 5.71. The molecule has 0 bridgehead atoms. The number of nitrogens with one attached hydrogen (secondary N) is 1. The van der Waals surface area contributed by atoms with E-state index in [1.54, 1.807) is 0 Å². The molecule has 0 radical (unpaired) electrons. The first-order chi connectivity index (χ1) is 6.66. The molecule has 1 N–H and O–H groups in total. The highest BCUT2D eigenvalue weighted by Gasteiger charge is 2.34. The van der Waals surface area contributed by atoms with Gasteiger partial charge in [-0.15, -0.1) is 0 Å². The number of alkyl halides is 1. The SMILES string of the molecule is CC(Br)C(=O)NC1CCN(C2CC2)C1. The smallest absolute Gasteiger partial charge is 0.233 e. The number of likely N-dealkylation sites (tertiary alicyclic amines) is 1. The highest BCUT2D eigenvalue weighted by atomic mass is 79.9. The first-order valence-corrected chi connectivity index (χ1v) is 6.27. The third kappa shape index (κ3) is 2.48. The van der Waals surface area contributed by atoms with Crippen molar-refractivity contribution in [2.45, 2.75) is 43.1 Å². The van der Waals surface area contributed by atoms with Crippen LogP contribution >= 0.6 is 15.9 Å². The van der Waals surface area contributed by atoms with Crippen molar-refractivity contribution < 1.29 is 4.79 Å². The van der Waals surface area contributed by atoms with Crippen LogP contribution in [-0.4, -0.2) is 40.8 Å². The van der Waals surface area contributed by atoms with Crippen molar-refractivity contribution in [1.82, 2.24) is 10.2 Å². The van der Waals surface area contributed by atoms with Crippen molar-refractivity contribution in [2.24, 2.45) is 0 Å². The Morgan fingerprint density at radius 1 is 1.50 bits per heavy atom. The lowest BCUT2D eigenvalue weighted by Gasteiger charge is -2.16. The van der Waals surface area contributed by atoms with Crippen LogP contribution in [0.25, 0.3) is 0 Å². The van der Waals surface area contributed by atoms with Crippen LogP contribution in [0.5, 0.6) is 0 Å². The molecule has 4 heteroatoms. The minimum atomic E-state index is -0.0718. The van der Waals surface area contributed by atoms with Gasteiger partial charge in [0.15, 0.2) is 0 Å². The summed E-state index contributed by atoms with van der Waals surface area (Å²) < 4.78 is 0.